The van der Waals surface area contributed by atoms with E-state index in [-0.39, 0.29) is 10.7 Å². The molecule has 1 aromatic heterocycles. The van der Waals surface area contributed by atoms with E-state index < -0.39 is 5.91 Å². The summed E-state index contributed by atoms with van der Waals surface area (Å²) in [6, 6.07) is 0. The molecule has 0 atom stereocenters. The lowest BCUT2D eigenvalue weighted by atomic mass is 10.4. The number of hydrogen-bond donors (Lipinski definition) is 0. The van der Waals surface area contributed by atoms with Gasteiger partial charge in [0.1, 0.15) is 5.69 Å². The van der Waals surface area contributed by atoms with Crippen LogP contribution in [-0.4, -0.2) is 21.8 Å². The van der Waals surface area contributed by atoms with Gasteiger partial charge >= 0.3 is 5.91 Å². The molecule has 12 heavy (non-hydrogen) atoms. The monoisotopic (exact) mass is 185 g/mol. The average Bonchev–Trinajstić information content (AvgIpc) is 2.32. The Morgan fingerprint density at radius 2 is 2.50 bits per heavy atom. The van der Waals surface area contributed by atoms with Crippen molar-refractivity contribution in [3.8, 4) is 0 Å². The van der Waals surface area contributed by atoms with Gasteiger partial charge in [0.05, 0.1) is 11.2 Å². The normalized spacial score (nSPS) is 9.17. The molecule has 0 aliphatic rings. The minimum absolute atomic E-state index is 0.0833. The first-order valence-corrected chi connectivity index (χ1v) is 3.34. The second kappa shape index (κ2) is 3.30. The lowest BCUT2D eigenvalue weighted by molar-refractivity contribution is 0.0994. The molecule has 0 bridgehead atoms. The molecule has 0 saturated heterocycles. The molecule has 62 valence electrons. The van der Waals surface area contributed by atoms with E-state index in [0.29, 0.717) is 0 Å². The molecular weight excluding hydrogens is 182 g/mol. The maximum absolute atomic E-state index is 11.0. The SMILES string of the molecule is Cn1ncc(Cl)c1C(=O)N=C=O. The first-order valence-electron chi connectivity index (χ1n) is 2.96. The second-order valence-corrected chi connectivity index (χ2v) is 2.38. The van der Waals surface area contributed by atoms with E-state index >= 15 is 0 Å². The summed E-state index contributed by atoms with van der Waals surface area (Å²) in [6.07, 6.45) is 2.44. The Kier molecular flexibility index (Phi) is 2.38. The highest BCUT2D eigenvalue weighted by Crippen LogP contribution is 2.14. The molecule has 0 fully saturated rings. The van der Waals surface area contributed by atoms with Crippen LogP contribution < -0.4 is 0 Å². The highest BCUT2D eigenvalue weighted by Gasteiger charge is 2.14. The van der Waals surface area contributed by atoms with Crippen LogP contribution in [0.5, 0.6) is 0 Å². The highest BCUT2D eigenvalue weighted by atomic mass is 35.5. The van der Waals surface area contributed by atoms with Gasteiger partial charge in [-0.05, 0) is 0 Å². The van der Waals surface area contributed by atoms with Crippen LogP contribution in [0.2, 0.25) is 5.02 Å². The van der Waals surface area contributed by atoms with Gasteiger partial charge in [-0.1, -0.05) is 11.6 Å². The van der Waals surface area contributed by atoms with Gasteiger partial charge in [-0.3, -0.25) is 9.48 Å². The summed E-state index contributed by atoms with van der Waals surface area (Å²) >= 11 is 5.58. The van der Waals surface area contributed by atoms with Crippen molar-refractivity contribution >= 4 is 23.6 Å². The van der Waals surface area contributed by atoms with Crippen molar-refractivity contribution in [2.75, 3.05) is 0 Å². The van der Waals surface area contributed by atoms with E-state index in [0.717, 1.165) is 6.08 Å². The maximum Gasteiger partial charge on any atom is 0.307 e. The Labute approximate surface area is 72.7 Å². The van der Waals surface area contributed by atoms with Crippen molar-refractivity contribution in [1.82, 2.24) is 9.78 Å². The molecule has 0 unspecified atom stereocenters. The lowest BCUT2D eigenvalue weighted by Crippen LogP contribution is -2.04. The van der Waals surface area contributed by atoms with Gasteiger partial charge < -0.3 is 0 Å². The number of halogens is 1. The Hall–Kier alpha value is -1.45. The van der Waals surface area contributed by atoms with Gasteiger partial charge in [-0.2, -0.15) is 5.10 Å². The summed E-state index contributed by atoms with van der Waals surface area (Å²) in [6.45, 7) is 0. The van der Waals surface area contributed by atoms with Crippen LogP contribution in [0.1, 0.15) is 10.5 Å². The number of aromatic nitrogens is 2. The number of aryl methyl sites for hydroxylation is 1. The third-order valence-corrected chi connectivity index (χ3v) is 1.52. The smallest absolute Gasteiger partial charge is 0.264 e. The van der Waals surface area contributed by atoms with Gasteiger partial charge in [0.2, 0.25) is 6.08 Å². The topological polar surface area (TPSA) is 64.3 Å². The van der Waals surface area contributed by atoms with Gasteiger partial charge in [-0.25, -0.2) is 4.79 Å². The van der Waals surface area contributed by atoms with Crippen molar-refractivity contribution in [3.05, 3.63) is 16.9 Å². The van der Waals surface area contributed by atoms with Crippen molar-refractivity contribution in [2.24, 2.45) is 12.0 Å². The molecule has 6 heteroatoms. The molecule has 0 radical (unpaired) electrons. The number of carbonyl (C=O) groups is 1. The summed E-state index contributed by atoms with van der Waals surface area (Å²) in [5.41, 5.74) is 0.0833. The number of aliphatic imine (C=N–C) groups is 1. The molecule has 0 saturated carbocycles. The van der Waals surface area contributed by atoms with E-state index in [2.05, 4.69) is 10.1 Å². The van der Waals surface area contributed by atoms with Crippen molar-refractivity contribution in [3.63, 3.8) is 0 Å². The standard InChI is InChI=1S/C6H4ClN3O2/c1-10-5(4(7)2-9-10)6(12)8-3-11/h2H,1H3. The van der Waals surface area contributed by atoms with Gasteiger partial charge in [-0.15, -0.1) is 4.99 Å². The molecule has 0 aliphatic carbocycles. The van der Waals surface area contributed by atoms with Crippen molar-refractivity contribution in [2.45, 2.75) is 0 Å². The van der Waals surface area contributed by atoms with Gasteiger partial charge in [0.25, 0.3) is 0 Å². The molecule has 1 rings (SSSR count). The molecule has 1 amide bonds. The second-order valence-electron chi connectivity index (χ2n) is 1.97. The largest absolute Gasteiger partial charge is 0.307 e. The third kappa shape index (κ3) is 1.42. The molecule has 0 aromatic carbocycles. The average molecular weight is 186 g/mol. The van der Waals surface area contributed by atoms with E-state index in [4.69, 9.17) is 11.6 Å². The minimum atomic E-state index is -0.741. The van der Waals surface area contributed by atoms with Crippen LogP contribution in [0.3, 0.4) is 0 Å². The van der Waals surface area contributed by atoms with E-state index in [1.54, 1.807) is 0 Å². The number of nitrogens with zero attached hydrogens (tertiary/aromatic N) is 3. The Morgan fingerprint density at radius 3 is 2.92 bits per heavy atom. The number of isocyanates is 1. The predicted molar refractivity (Wildman–Crippen MR) is 40.7 cm³/mol. The van der Waals surface area contributed by atoms with Crippen molar-refractivity contribution < 1.29 is 9.59 Å². The Balaban J connectivity index is 3.17. The van der Waals surface area contributed by atoms with E-state index in [1.165, 1.54) is 17.9 Å². The zero-order valence-electron chi connectivity index (χ0n) is 6.11. The summed E-state index contributed by atoms with van der Waals surface area (Å²) in [4.78, 5) is 23.6. The molecule has 0 spiro atoms. The molecule has 0 aliphatic heterocycles. The minimum Gasteiger partial charge on any atom is -0.264 e. The fraction of sp³-hybridized carbons (Fsp3) is 0.167. The van der Waals surface area contributed by atoms with E-state index in [9.17, 15) is 9.59 Å². The van der Waals surface area contributed by atoms with Gasteiger partial charge in [0.15, 0.2) is 0 Å². The zero-order valence-corrected chi connectivity index (χ0v) is 6.87. The van der Waals surface area contributed by atoms with Crippen molar-refractivity contribution in [1.29, 1.82) is 0 Å². The first-order chi connectivity index (χ1) is 5.66. The van der Waals surface area contributed by atoms with Crippen LogP contribution in [-0.2, 0) is 11.8 Å². The molecule has 0 N–H and O–H groups in total. The Morgan fingerprint density at radius 1 is 1.83 bits per heavy atom. The van der Waals surface area contributed by atoms with Crippen LogP contribution in [0, 0.1) is 0 Å². The van der Waals surface area contributed by atoms with Gasteiger partial charge in [0, 0.05) is 7.05 Å². The highest BCUT2D eigenvalue weighted by molar-refractivity contribution is 6.33. The van der Waals surface area contributed by atoms with Crippen LogP contribution in [0.25, 0.3) is 0 Å². The summed E-state index contributed by atoms with van der Waals surface area (Å²) in [5, 5.41) is 3.86. The maximum atomic E-state index is 11.0. The molecule has 5 nitrogen and oxygen atoms in total. The number of rotatable bonds is 1. The first kappa shape index (κ1) is 8.64. The van der Waals surface area contributed by atoms with Crippen LogP contribution in [0.4, 0.5) is 0 Å². The quantitative estimate of drug-likeness (QED) is 0.474. The fourth-order valence-electron chi connectivity index (χ4n) is 0.746. The van der Waals surface area contributed by atoms with Crippen LogP contribution >= 0.6 is 11.6 Å². The number of hydrogen-bond acceptors (Lipinski definition) is 3. The Bertz CT molecular complexity index is 345. The predicted octanol–water partition coefficient (Wildman–Crippen LogP) is 0.549. The zero-order chi connectivity index (χ0) is 9.14. The van der Waals surface area contributed by atoms with Crippen LogP contribution in [0.15, 0.2) is 11.2 Å². The number of amides is 1. The lowest BCUT2D eigenvalue weighted by Gasteiger charge is -1.93. The molecule has 1 aromatic rings. The van der Waals surface area contributed by atoms with E-state index in [1.807, 2.05) is 0 Å². The molecular formula is C6H4ClN3O2. The summed E-state index contributed by atoms with van der Waals surface area (Å²) in [7, 11) is 1.53. The third-order valence-electron chi connectivity index (χ3n) is 1.24. The summed E-state index contributed by atoms with van der Waals surface area (Å²) < 4.78 is 1.24. The number of carbonyl (C=O) groups excluding carboxylic acids is 2. The fourth-order valence-corrected chi connectivity index (χ4v) is 0.993. The summed E-state index contributed by atoms with van der Waals surface area (Å²) in [5.74, 6) is -0.741. The molecule has 1 heterocycles.